The van der Waals surface area contributed by atoms with Gasteiger partial charge in [-0.1, -0.05) is 54.6 Å². The number of likely N-dealkylation sites (N-methyl/N-ethyl adjacent to an activating group) is 1. The van der Waals surface area contributed by atoms with Crippen molar-refractivity contribution in [1.82, 2.24) is 10.6 Å². The van der Waals surface area contributed by atoms with Crippen LogP contribution in [-0.2, 0) is 11.2 Å². The van der Waals surface area contributed by atoms with Crippen molar-refractivity contribution in [3.05, 3.63) is 101 Å². The number of amides is 1. The smallest absolute Gasteiger partial charge is 0.241 e. The lowest BCUT2D eigenvalue weighted by Crippen LogP contribution is -2.38. The molecule has 0 aliphatic rings. The van der Waals surface area contributed by atoms with E-state index in [0.29, 0.717) is 0 Å². The van der Waals surface area contributed by atoms with E-state index in [9.17, 15) is 9.18 Å². The molecule has 4 nitrogen and oxygen atoms in total. The number of hydrogen-bond donors (Lipinski definition) is 2. The molecule has 0 saturated carbocycles. The van der Waals surface area contributed by atoms with Crippen LogP contribution in [0.5, 0.6) is 5.75 Å². The molecule has 2 unspecified atom stereocenters. The third kappa shape index (κ3) is 5.67. The highest BCUT2D eigenvalue weighted by Crippen LogP contribution is 2.25. The maximum atomic E-state index is 13.5. The summed E-state index contributed by atoms with van der Waals surface area (Å²) in [4.78, 5) is 12.6. The van der Waals surface area contributed by atoms with Crippen LogP contribution in [0.2, 0.25) is 0 Å². The molecule has 0 saturated heterocycles. The van der Waals surface area contributed by atoms with Gasteiger partial charge in [0.2, 0.25) is 5.91 Å². The standard InChI is InChI=1S/C25H27FN2O2/c1-27-25(29)24(20-6-4-3-5-7-20)28-23(19-11-13-21(26)14-12-19)17-10-18-8-15-22(30-2)16-9-18/h3-9,11-16,23-24,28H,10,17H2,1-2H3,(H,27,29). The molecule has 0 aromatic heterocycles. The number of benzene rings is 3. The summed E-state index contributed by atoms with van der Waals surface area (Å²) < 4.78 is 18.7. The van der Waals surface area contributed by atoms with Crippen LogP contribution in [-0.4, -0.2) is 20.1 Å². The second kappa shape index (κ2) is 10.6. The van der Waals surface area contributed by atoms with E-state index in [4.69, 9.17) is 4.74 Å². The Morgan fingerprint density at radius 1 is 0.933 bits per heavy atom. The van der Waals surface area contributed by atoms with Crippen LogP contribution >= 0.6 is 0 Å². The predicted octanol–water partition coefficient (Wildman–Crippen LogP) is 4.59. The van der Waals surface area contributed by atoms with Crippen molar-refractivity contribution in [3.8, 4) is 5.75 Å². The van der Waals surface area contributed by atoms with E-state index in [1.807, 2.05) is 54.6 Å². The first-order valence-electron chi connectivity index (χ1n) is 10.0. The molecular weight excluding hydrogens is 379 g/mol. The fourth-order valence-electron chi connectivity index (χ4n) is 3.46. The summed E-state index contributed by atoms with van der Waals surface area (Å²) in [5, 5.41) is 6.23. The summed E-state index contributed by atoms with van der Waals surface area (Å²) in [7, 11) is 3.27. The minimum absolute atomic E-state index is 0.113. The Hall–Kier alpha value is -3.18. The molecule has 5 heteroatoms. The summed E-state index contributed by atoms with van der Waals surface area (Å²) in [5.41, 5.74) is 2.99. The highest BCUT2D eigenvalue weighted by molar-refractivity contribution is 5.83. The molecule has 3 rings (SSSR count). The van der Waals surface area contributed by atoms with E-state index in [2.05, 4.69) is 10.6 Å². The zero-order valence-corrected chi connectivity index (χ0v) is 17.3. The average molecular weight is 407 g/mol. The van der Waals surface area contributed by atoms with E-state index in [-0.39, 0.29) is 17.8 Å². The molecule has 1 amide bonds. The molecule has 0 fully saturated rings. The Kier molecular flexibility index (Phi) is 7.57. The molecule has 0 aliphatic heterocycles. The summed E-state index contributed by atoms with van der Waals surface area (Å²) >= 11 is 0. The van der Waals surface area contributed by atoms with Crippen LogP contribution < -0.4 is 15.4 Å². The quantitative estimate of drug-likeness (QED) is 0.547. The SMILES string of the molecule is CNC(=O)C(NC(CCc1ccc(OC)cc1)c1ccc(F)cc1)c1ccccc1. The molecule has 0 aliphatic carbocycles. The van der Waals surface area contributed by atoms with Crippen LogP contribution in [0.4, 0.5) is 4.39 Å². The van der Waals surface area contributed by atoms with E-state index < -0.39 is 6.04 Å². The fourth-order valence-corrected chi connectivity index (χ4v) is 3.46. The van der Waals surface area contributed by atoms with Crippen LogP contribution in [0, 0.1) is 5.82 Å². The van der Waals surface area contributed by atoms with Crippen molar-refractivity contribution >= 4 is 5.91 Å². The van der Waals surface area contributed by atoms with Gasteiger partial charge in [0.1, 0.15) is 17.6 Å². The molecule has 2 N–H and O–H groups in total. The van der Waals surface area contributed by atoms with Crippen molar-refractivity contribution in [3.63, 3.8) is 0 Å². The van der Waals surface area contributed by atoms with Gasteiger partial charge in [-0.3, -0.25) is 10.1 Å². The highest BCUT2D eigenvalue weighted by Gasteiger charge is 2.24. The molecule has 0 bridgehead atoms. The van der Waals surface area contributed by atoms with Crippen LogP contribution in [0.1, 0.15) is 35.2 Å². The number of carbonyl (C=O) groups excluding carboxylic acids is 1. The second-order valence-corrected chi connectivity index (χ2v) is 7.12. The van der Waals surface area contributed by atoms with Crippen LogP contribution in [0.15, 0.2) is 78.9 Å². The fraction of sp³-hybridized carbons (Fsp3) is 0.240. The number of carbonyl (C=O) groups is 1. The third-order valence-corrected chi connectivity index (χ3v) is 5.16. The van der Waals surface area contributed by atoms with E-state index in [1.165, 1.54) is 17.7 Å². The molecule has 0 spiro atoms. The maximum Gasteiger partial charge on any atom is 0.241 e. The zero-order valence-electron chi connectivity index (χ0n) is 17.3. The molecule has 0 radical (unpaired) electrons. The van der Waals surface area contributed by atoms with Gasteiger partial charge in [0, 0.05) is 13.1 Å². The minimum Gasteiger partial charge on any atom is -0.497 e. The Labute approximate surface area is 177 Å². The summed E-state index contributed by atoms with van der Waals surface area (Å²) in [5.74, 6) is 0.423. The topological polar surface area (TPSA) is 50.4 Å². The number of aryl methyl sites for hydroxylation is 1. The monoisotopic (exact) mass is 406 g/mol. The summed E-state index contributed by atoms with van der Waals surface area (Å²) in [6, 6.07) is 23.4. The Morgan fingerprint density at radius 3 is 2.20 bits per heavy atom. The van der Waals surface area contributed by atoms with Gasteiger partial charge in [0.25, 0.3) is 0 Å². The lowest BCUT2D eigenvalue weighted by atomic mass is 9.96. The van der Waals surface area contributed by atoms with E-state index >= 15 is 0 Å². The molecule has 3 aromatic rings. The number of nitrogens with one attached hydrogen (secondary N) is 2. The molecule has 156 valence electrons. The minimum atomic E-state index is -0.512. The molecule has 30 heavy (non-hydrogen) atoms. The first-order valence-corrected chi connectivity index (χ1v) is 10.0. The van der Waals surface area contributed by atoms with Crippen molar-refractivity contribution in [2.45, 2.75) is 24.9 Å². The van der Waals surface area contributed by atoms with Crippen molar-refractivity contribution in [2.75, 3.05) is 14.2 Å². The number of hydrogen-bond acceptors (Lipinski definition) is 3. The second-order valence-electron chi connectivity index (χ2n) is 7.12. The Morgan fingerprint density at radius 2 is 1.60 bits per heavy atom. The largest absolute Gasteiger partial charge is 0.497 e. The summed E-state index contributed by atoms with van der Waals surface area (Å²) in [6.45, 7) is 0. The van der Waals surface area contributed by atoms with Gasteiger partial charge < -0.3 is 10.1 Å². The van der Waals surface area contributed by atoms with Gasteiger partial charge in [-0.2, -0.15) is 0 Å². The van der Waals surface area contributed by atoms with Gasteiger partial charge in [0.15, 0.2) is 0 Å². The van der Waals surface area contributed by atoms with Crippen LogP contribution in [0.25, 0.3) is 0 Å². The first kappa shape index (κ1) is 21.5. The van der Waals surface area contributed by atoms with Gasteiger partial charge in [0.05, 0.1) is 7.11 Å². The first-order chi connectivity index (χ1) is 14.6. The molecule has 2 atom stereocenters. The third-order valence-electron chi connectivity index (χ3n) is 5.16. The van der Waals surface area contributed by atoms with Gasteiger partial charge in [-0.15, -0.1) is 0 Å². The zero-order chi connectivity index (χ0) is 21.3. The molecule has 0 heterocycles. The van der Waals surface area contributed by atoms with Crippen molar-refractivity contribution in [2.24, 2.45) is 0 Å². The van der Waals surface area contributed by atoms with Gasteiger partial charge in [-0.25, -0.2) is 4.39 Å². The lowest BCUT2D eigenvalue weighted by molar-refractivity contribution is -0.123. The van der Waals surface area contributed by atoms with Gasteiger partial charge >= 0.3 is 0 Å². The van der Waals surface area contributed by atoms with Crippen molar-refractivity contribution < 1.29 is 13.9 Å². The Balaban J connectivity index is 1.83. The lowest BCUT2D eigenvalue weighted by Gasteiger charge is -2.26. The number of halogens is 1. The number of ether oxygens (including phenoxy) is 1. The Bertz CT molecular complexity index is 928. The van der Waals surface area contributed by atoms with Crippen molar-refractivity contribution in [1.29, 1.82) is 0 Å². The highest BCUT2D eigenvalue weighted by atomic mass is 19.1. The van der Waals surface area contributed by atoms with E-state index in [1.54, 1.807) is 26.3 Å². The number of rotatable bonds is 9. The predicted molar refractivity (Wildman–Crippen MR) is 117 cm³/mol. The van der Waals surface area contributed by atoms with Gasteiger partial charge in [-0.05, 0) is 53.8 Å². The summed E-state index contributed by atoms with van der Waals surface area (Å²) in [6.07, 6.45) is 1.55. The molecule has 3 aromatic carbocycles. The molecular formula is C25H27FN2O2. The van der Waals surface area contributed by atoms with E-state index in [0.717, 1.165) is 29.7 Å². The van der Waals surface area contributed by atoms with Crippen LogP contribution in [0.3, 0.4) is 0 Å². The number of methoxy groups -OCH3 is 1. The normalized spacial score (nSPS) is 12.8. The average Bonchev–Trinajstić information content (AvgIpc) is 2.80. The maximum absolute atomic E-state index is 13.5.